The van der Waals surface area contributed by atoms with Crippen LogP contribution in [0.25, 0.3) is 33.2 Å². The Labute approximate surface area is 230 Å². The van der Waals surface area contributed by atoms with Crippen molar-refractivity contribution in [2.24, 2.45) is 18.2 Å². The minimum atomic E-state index is -2.71. The number of aryl methyl sites for hydroxylation is 1. The van der Waals surface area contributed by atoms with Crippen LogP contribution in [0.3, 0.4) is 0 Å². The third-order valence-electron chi connectivity index (χ3n) is 8.53. The van der Waals surface area contributed by atoms with Crippen LogP contribution < -0.4 is 5.73 Å². The molecule has 2 amide bonds. The molecule has 40 heavy (non-hydrogen) atoms. The Balaban J connectivity index is 1.37. The molecule has 8 heteroatoms. The molecule has 3 aromatic carbocycles. The van der Waals surface area contributed by atoms with Crippen molar-refractivity contribution < 1.29 is 22.8 Å². The number of hydrogen-bond acceptors (Lipinski definition) is 2. The number of nitrogens with two attached hydrogens (primary N) is 1. The van der Waals surface area contributed by atoms with E-state index >= 15 is 0 Å². The number of carbonyl (C=O) groups excluding carboxylic acids is 2. The SMILES string of the molecule is Cn1c(CC2(C(N)=O)CC2)cc2cc(-c3ccc(C(=O)N4CCC(F)(F)CC4)cc3)cc(-c3ccc(F)cc3)c21. The highest BCUT2D eigenvalue weighted by molar-refractivity contribution is 6.00. The molecule has 6 rings (SSSR count). The molecule has 0 spiro atoms. The van der Waals surface area contributed by atoms with Gasteiger partial charge in [-0.2, -0.15) is 0 Å². The van der Waals surface area contributed by atoms with Gasteiger partial charge >= 0.3 is 0 Å². The summed E-state index contributed by atoms with van der Waals surface area (Å²) in [6.45, 7) is 0.0807. The van der Waals surface area contributed by atoms with Gasteiger partial charge in [-0.3, -0.25) is 9.59 Å². The first-order chi connectivity index (χ1) is 19.1. The highest BCUT2D eigenvalue weighted by Crippen LogP contribution is 2.49. The fourth-order valence-corrected chi connectivity index (χ4v) is 5.78. The molecule has 1 saturated carbocycles. The maximum absolute atomic E-state index is 13.8. The fourth-order valence-electron chi connectivity index (χ4n) is 5.78. The largest absolute Gasteiger partial charge is 0.369 e. The average Bonchev–Trinajstić information content (AvgIpc) is 3.66. The molecular weight excluding hydrogens is 515 g/mol. The molecule has 0 bridgehead atoms. The number of primary amides is 1. The highest BCUT2D eigenvalue weighted by Gasteiger charge is 2.48. The number of aromatic nitrogens is 1. The van der Waals surface area contributed by atoms with Crippen LogP contribution >= 0.6 is 0 Å². The van der Waals surface area contributed by atoms with Crippen LogP contribution in [0, 0.1) is 11.2 Å². The molecule has 2 heterocycles. The minimum Gasteiger partial charge on any atom is -0.369 e. The number of hydrogen-bond donors (Lipinski definition) is 1. The highest BCUT2D eigenvalue weighted by atomic mass is 19.3. The van der Waals surface area contributed by atoms with Crippen molar-refractivity contribution in [3.63, 3.8) is 0 Å². The summed E-state index contributed by atoms with van der Waals surface area (Å²) < 4.78 is 42.9. The summed E-state index contributed by atoms with van der Waals surface area (Å²) in [5.74, 6) is -3.55. The lowest BCUT2D eigenvalue weighted by Crippen LogP contribution is -2.42. The van der Waals surface area contributed by atoms with E-state index < -0.39 is 11.3 Å². The van der Waals surface area contributed by atoms with Crippen molar-refractivity contribution in [1.82, 2.24) is 9.47 Å². The van der Waals surface area contributed by atoms with Gasteiger partial charge in [-0.25, -0.2) is 13.2 Å². The maximum atomic E-state index is 13.8. The molecular formula is C32H30F3N3O2. The van der Waals surface area contributed by atoms with Gasteiger partial charge in [0.05, 0.1) is 10.9 Å². The van der Waals surface area contributed by atoms with E-state index in [0.717, 1.165) is 51.7 Å². The van der Waals surface area contributed by atoms with Crippen molar-refractivity contribution in [2.75, 3.05) is 13.1 Å². The zero-order valence-electron chi connectivity index (χ0n) is 22.2. The third-order valence-corrected chi connectivity index (χ3v) is 8.53. The summed E-state index contributed by atoms with van der Waals surface area (Å²) in [4.78, 5) is 26.5. The number of amides is 2. The summed E-state index contributed by atoms with van der Waals surface area (Å²) >= 11 is 0. The number of nitrogens with zero attached hydrogens (tertiary/aromatic N) is 2. The molecule has 2 aliphatic rings. The van der Waals surface area contributed by atoms with E-state index in [1.165, 1.54) is 17.0 Å². The van der Waals surface area contributed by atoms with E-state index in [1.807, 2.05) is 25.2 Å². The van der Waals surface area contributed by atoms with Gasteiger partial charge in [0, 0.05) is 61.6 Å². The monoisotopic (exact) mass is 545 g/mol. The number of rotatable bonds is 6. The zero-order valence-corrected chi connectivity index (χ0v) is 22.2. The predicted octanol–water partition coefficient (Wildman–Crippen LogP) is 6.33. The topological polar surface area (TPSA) is 68.3 Å². The van der Waals surface area contributed by atoms with Crippen molar-refractivity contribution in [2.45, 2.75) is 38.0 Å². The Hall–Kier alpha value is -4.07. The molecule has 1 saturated heterocycles. The van der Waals surface area contributed by atoms with Gasteiger partial charge in [-0.15, -0.1) is 0 Å². The second-order valence-electron chi connectivity index (χ2n) is 11.2. The summed E-state index contributed by atoms with van der Waals surface area (Å²) in [5.41, 5.74) is 11.2. The molecule has 1 aliphatic carbocycles. The van der Waals surface area contributed by atoms with Crippen LogP contribution in [-0.2, 0) is 18.3 Å². The van der Waals surface area contributed by atoms with Crippen molar-refractivity contribution in [3.8, 4) is 22.3 Å². The van der Waals surface area contributed by atoms with Gasteiger partial charge in [0.1, 0.15) is 5.82 Å². The van der Waals surface area contributed by atoms with E-state index in [9.17, 15) is 22.8 Å². The first kappa shape index (κ1) is 26.2. The van der Waals surface area contributed by atoms with E-state index in [4.69, 9.17) is 5.73 Å². The second kappa shape index (κ2) is 9.54. The number of carbonyl (C=O) groups is 2. The van der Waals surface area contributed by atoms with Crippen LogP contribution in [-0.4, -0.2) is 40.3 Å². The van der Waals surface area contributed by atoms with E-state index in [0.29, 0.717) is 12.0 Å². The smallest absolute Gasteiger partial charge is 0.253 e. The molecule has 0 radical (unpaired) electrons. The van der Waals surface area contributed by atoms with Crippen LogP contribution in [0.2, 0.25) is 0 Å². The standard InChI is InChI=1S/C32H30F3N3O2/c1-37-26(19-31(10-11-31)30(36)40)17-24-16-23(18-27(28(24)37)21-6-8-25(33)9-7-21)20-2-4-22(5-3-20)29(39)38-14-12-32(34,35)13-15-38/h2-9,16-18H,10-15,19H2,1H3,(H2,36,40). The summed E-state index contributed by atoms with van der Waals surface area (Å²) in [7, 11) is 1.97. The second-order valence-corrected chi connectivity index (χ2v) is 11.2. The number of fused-ring (bicyclic) bond motifs is 1. The molecule has 0 unspecified atom stereocenters. The maximum Gasteiger partial charge on any atom is 0.253 e. The number of piperidine rings is 1. The molecule has 5 nitrogen and oxygen atoms in total. The molecule has 4 aromatic rings. The Morgan fingerprint density at radius 2 is 1.48 bits per heavy atom. The molecule has 1 aromatic heterocycles. The van der Waals surface area contributed by atoms with Crippen molar-refractivity contribution in [1.29, 1.82) is 0 Å². The lowest BCUT2D eigenvalue weighted by molar-refractivity contribution is -0.123. The average molecular weight is 546 g/mol. The van der Waals surface area contributed by atoms with Crippen molar-refractivity contribution >= 4 is 22.7 Å². The Morgan fingerprint density at radius 3 is 2.08 bits per heavy atom. The Kier molecular flexibility index (Phi) is 6.24. The van der Waals surface area contributed by atoms with Gasteiger partial charge in [-0.1, -0.05) is 24.3 Å². The minimum absolute atomic E-state index is 0.0403. The third kappa shape index (κ3) is 4.76. The van der Waals surface area contributed by atoms with Gasteiger partial charge in [0.15, 0.2) is 0 Å². The zero-order chi connectivity index (χ0) is 28.2. The van der Waals surface area contributed by atoms with Crippen LogP contribution in [0.1, 0.15) is 41.7 Å². The Bertz CT molecular complexity index is 1610. The number of halogens is 3. The van der Waals surface area contributed by atoms with E-state index in [-0.39, 0.29) is 43.6 Å². The van der Waals surface area contributed by atoms with E-state index in [1.54, 1.807) is 24.3 Å². The van der Waals surface area contributed by atoms with Crippen LogP contribution in [0.5, 0.6) is 0 Å². The van der Waals surface area contributed by atoms with Gasteiger partial charge in [0.25, 0.3) is 11.8 Å². The van der Waals surface area contributed by atoms with Gasteiger partial charge in [0.2, 0.25) is 5.91 Å². The molecule has 2 fully saturated rings. The molecule has 1 aliphatic heterocycles. The van der Waals surface area contributed by atoms with Crippen LogP contribution in [0.15, 0.2) is 66.7 Å². The summed E-state index contributed by atoms with van der Waals surface area (Å²) in [6, 6.07) is 19.7. The Morgan fingerprint density at radius 1 is 0.850 bits per heavy atom. The van der Waals surface area contributed by atoms with Gasteiger partial charge in [-0.05, 0) is 72.0 Å². The fraction of sp³-hybridized carbons (Fsp3) is 0.312. The first-order valence-electron chi connectivity index (χ1n) is 13.5. The lowest BCUT2D eigenvalue weighted by Gasteiger charge is -2.31. The number of benzene rings is 3. The predicted molar refractivity (Wildman–Crippen MR) is 148 cm³/mol. The summed E-state index contributed by atoms with van der Waals surface area (Å²) in [6.07, 6.45) is 1.49. The first-order valence-corrected chi connectivity index (χ1v) is 13.5. The number of alkyl halides is 2. The van der Waals surface area contributed by atoms with Crippen molar-refractivity contribution in [3.05, 3.63) is 83.8 Å². The van der Waals surface area contributed by atoms with E-state index in [2.05, 4.69) is 16.7 Å². The molecule has 2 N–H and O–H groups in total. The van der Waals surface area contributed by atoms with Gasteiger partial charge < -0.3 is 15.2 Å². The summed E-state index contributed by atoms with van der Waals surface area (Å²) in [5, 5.41) is 0.976. The van der Waals surface area contributed by atoms with Crippen LogP contribution in [0.4, 0.5) is 13.2 Å². The normalized spacial score (nSPS) is 17.6. The molecule has 206 valence electrons. The molecule has 0 atom stereocenters. The quantitative estimate of drug-likeness (QED) is 0.308. The lowest BCUT2D eigenvalue weighted by atomic mass is 9.95. The number of likely N-dealkylation sites (tertiary alicyclic amines) is 1.